The summed E-state index contributed by atoms with van der Waals surface area (Å²) in [5.74, 6) is -0.438. The van der Waals surface area contributed by atoms with E-state index in [2.05, 4.69) is 30.3 Å². The van der Waals surface area contributed by atoms with Crippen molar-refractivity contribution in [3.63, 3.8) is 0 Å². The highest BCUT2D eigenvalue weighted by Crippen LogP contribution is 2.20. The number of aryl methyl sites for hydroxylation is 1. The van der Waals surface area contributed by atoms with Crippen molar-refractivity contribution in [1.29, 1.82) is 0 Å². The van der Waals surface area contributed by atoms with Crippen molar-refractivity contribution in [2.75, 3.05) is 26.2 Å². The van der Waals surface area contributed by atoms with Gasteiger partial charge in [-0.3, -0.25) is 4.79 Å². The highest BCUT2D eigenvalue weighted by Gasteiger charge is 2.28. The molecule has 0 radical (unpaired) electrons. The number of rotatable bonds is 5. The van der Waals surface area contributed by atoms with Crippen LogP contribution < -0.4 is 0 Å². The zero-order valence-corrected chi connectivity index (χ0v) is 18.0. The minimum absolute atomic E-state index is 0.0363. The number of amides is 1. The molecule has 0 atom stereocenters. The molecule has 7 heteroatoms. The summed E-state index contributed by atoms with van der Waals surface area (Å²) >= 11 is 0. The van der Waals surface area contributed by atoms with E-state index in [1.807, 2.05) is 12.1 Å². The molecular weight excluding hydrogens is 415 g/mol. The molecule has 31 heavy (non-hydrogen) atoms. The van der Waals surface area contributed by atoms with Gasteiger partial charge >= 0.3 is 0 Å². The molecule has 0 N–H and O–H groups in total. The lowest BCUT2D eigenvalue weighted by molar-refractivity contribution is -0.131. The van der Waals surface area contributed by atoms with E-state index in [0.29, 0.717) is 38.9 Å². The lowest BCUT2D eigenvalue weighted by Gasteiger charge is -2.22. The minimum Gasteiger partial charge on any atom is -0.341 e. The molecule has 3 aromatic rings. The Morgan fingerprint density at radius 2 is 1.61 bits per heavy atom. The molecule has 3 aromatic carbocycles. The smallest absolute Gasteiger partial charge is 0.243 e. The summed E-state index contributed by atoms with van der Waals surface area (Å²) in [5.41, 5.74) is 1.11. The Bertz CT molecular complexity index is 1180. The van der Waals surface area contributed by atoms with Crippen LogP contribution in [-0.2, 0) is 21.2 Å². The number of carbonyl (C=O) groups excluding carboxylic acids is 1. The van der Waals surface area contributed by atoms with Crippen molar-refractivity contribution in [1.82, 2.24) is 9.21 Å². The lowest BCUT2D eigenvalue weighted by Crippen LogP contribution is -2.37. The predicted octanol–water partition coefficient (Wildman–Crippen LogP) is 3.83. The minimum atomic E-state index is -3.70. The molecule has 1 heterocycles. The third-order valence-electron chi connectivity index (χ3n) is 5.70. The first kappa shape index (κ1) is 21.5. The quantitative estimate of drug-likeness (QED) is 0.606. The molecule has 162 valence electrons. The van der Waals surface area contributed by atoms with Crippen LogP contribution in [0.3, 0.4) is 0 Å². The van der Waals surface area contributed by atoms with Crippen molar-refractivity contribution in [2.45, 2.75) is 24.2 Å². The molecule has 1 aliphatic rings. The normalized spacial score (nSPS) is 15.7. The van der Waals surface area contributed by atoms with Crippen LogP contribution in [0, 0.1) is 5.82 Å². The second-order valence-corrected chi connectivity index (χ2v) is 9.71. The molecule has 0 bridgehead atoms. The first-order chi connectivity index (χ1) is 14.9. The molecular formula is C24H25FN2O3S. The van der Waals surface area contributed by atoms with Gasteiger partial charge in [-0.1, -0.05) is 42.5 Å². The molecule has 5 nitrogen and oxygen atoms in total. The topological polar surface area (TPSA) is 57.7 Å². The van der Waals surface area contributed by atoms with E-state index in [1.54, 1.807) is 4.90 Å². The van der Waals surface area contributed by atoms with Crippen LogP contribution in [0.4, 0.5) is 4.39 Å². The van der Waals surface area contributed by atoms with Crippen LogP contribution in [0.2, 0.25) is 0 Å². The van der Waals surface area contributed by atoms with Crippen LogP contribution in [0.5, 0.6) is 0 Å². The molecule has 0 aromatic heterocycles. The molecule has 0 aliphatic carbocycles. The Hall–Kier alpha value is -2.77. The number of hydrogen-bond acceptors (Lipinski definition) is 3. The van der Waals surface area contributed by atoms with Gasteiger partial charge in [-0.25, -0.2) is 12.8 Å². The molecule has 1 saturated heterocycles. The Kier molecular flexibility index (Phi) is 6.34. The summed E-state index contributed by atoms with van der Waals surface area (Å²) in [7, 11) is -3.70. The van der Waals surface area contributed by atoms with Crippen LogP contribution in [0.25, 0.3) is 10.8 Å². The first-order valence-electron chi connectivity index (χ1n) is 10.4. The van der Waals surface area contributed by atoms with Gasteiger partial charge in [0.2, 0.25) is 15.9 Å². The van der Waals surface area contributed by atoms with Gasteiger partial charge in [0.25, 0.3) is 0 Å². The van der Waals surface area contributed by atoms with Gasteiger partial charge in [0.15, 0.2) is 0 Å². The van der Waals surface area contributed by atoms with Crippen LogP contribution >= 0.6 is 0 Å². The van der Waals surface area contributed by atoms with Gasteiger partial charge in [-0.05, 0) is 53.4 Å². The van der Waals surface area contributed by atoms with Crippen LogP contribution in [-0.4, -0.2) is 49.7 Å². The monoisotopic (exact) mass is 440 g/mol. The lowest BCUT2D eigenvalue weighted by atomic mass is 10.0. The van der Waals surface area contributed by atoms with Crippen LogP contribution in [0.15, 0.2) is 71.6 Å². The van der Waals surface area contributed by atoms with Gasteiger partial charge in [-0.15, -0.1) is 0 Å². The SMILES string of the molecule is O=C(CCc1ccc2ccccc2c1)N1CCCN(S(=O)(=O)c2ccc(F)cc2)CC1. The number of halogens is 1. The van der Waals surface area contributed by atoms with Crippen LogP contribution in [0.1, 0.15) is 18.4 Å². The molecule has 1 aliphatic heterocycles. The van der Waals surface area contributed by atoms with Crippen molar-refractivity contribution >= 4 is 26.7 Å². The number of benzene rings is 3. The van der Waals surface area contributed by atoms with E-state index in [4.69, 9.17) is 0 Å². The summed E-state index contributed by atoms with van der Waals surface area (Å²) in [4.78, 5) is 14.6. The number of fused-ring (bicyclic) bond motifs is 1. The fourth-order valence-corrected chi connectivity index (χ4v) is 5.41. The zero-order valence-electron chi connectivity index (χ0n) is 17.2. The number of carbonyl (C=O) groups is 1. The van der Waals surface area contributed by atoms with Gasteiger partial charge in [0.1, 0.15) is 5.82 Å². The first-order valence-corrected chi connectivity index (χ1v) is 11.9. The Morgan fingerprint density at radius 3 is 2.39 bits per heavy atom. The maximum absolute atomic E-state index is 13.1. The van der Waals surface area contributed by atoms with Gasteiger partial charge in [-0.2, -0.15) is 4.31 Å². The second kappa shape index (κ2) is 9.16. The van der Waals surface area contributed by atoms with Crippen molar-refractivity contribution < 1.29 is 17.6 Å². The standard InChI is InChI=1S/C24H25FN2O3S/c25-22-9-11-23(12-10-22)31(29,30)27-15-3-14-26(16-17-27)24(28)13-7-19-6-8-20-4-1-2-5-21(20)18-19/h1-2,4-6,8-12,18H,3,7,13-17H2. The summed E-state index contributed by atoms with van der Waals surface area (Å²) in [5, 5.41) is 2.33. The molecule has 1 fully saturated rings. The summed E-state index contributed by atoms with van der Waals surface area (Å²) in [6, 6.07) is 19.2. The van der Waals surface area contributed by atoms with Crippen molar-refractivity contribution in [3.05, 3.63) is 78.1 Å². The number of sulfonamides is 1. The van der Waals surface area contributed by atoms with E-state index >= 15 is 0 Å². The van der Waals surface area contributed by atoms with E-state index < -0.39 is 15.8 Å². The maximum atomic E-state index is 13.1. The average molecular weight is 441 g/mol. The van der Waals surface area contributed by atoms with E-state index in [0.717, 1.165) is 23.1 Å². The highest BCUT2D eigenvalue weighted by atomic mass is 32.2. The van der Waals surface area contributed by atoms with E-state index in [9.17, 15) is 17.6 Å². The maximum Gasteiger partial charge on any atom is 0.243 e. The summed E-state index contributed by atoms with van der Waals surface area (Å²) in [6.07, 6.45) is 1.61. The summed E-state index contributed by atoms with van der Waals surface area (Å²) < 4.78 is 40.2. The fourth-order valence-electron chi connectivity index (χ4n) is 3.94. The molecule has 0 unspecified atom stereocenters. The average Bonchev–Trinajstić information content (AvgIpc) is 3.05. The highest BCUT2D eigenvalue weighted by molar-refractivity contribution is 7.89. The number of nitrogens with zero attached hydrogens (tertiary/aromatic N) is 2. The fraction of sp³-hybridized carbons (Fsp3) is 0.292. The van der Waals surface area contributed by atoms with Crippen molar-refractivity contribution in [2.24, 2.45) is 0 Å². The Morgan fingerprint density at radius 1 is 0.871 bits per heavy atom. The van der Waals surface area contributed by atoms with E-state index in [1.165, 1.54) is 21.8 Å². The van der Waals surface area contributed by atoms with Gasteiger partial charge < -0.3 is 4.90 Å². The Balaban J connectivity index is 1.36. The second-order valence-electron chi connectivity index (χ2n) is 7.77. The van der Waals surface area contributed by atoms with Gasteiger partial charge in [0.05, 0.1) is 4.90 Å². The predicted molar refractivity (Wildman–Crippen MR) is 119 cm³/mol. The third-order valence-corrected chi connectivity index (χ3v) is 7.61. The largest absolute Gasteiger partial charge is 0.341 e. The Labute approximate surface area is 182 Å². The third kappa shape index (κ3) is 4.94. The molecule has 1 amide bonds. The molecule has 0 saturated carbocycles. The van der Waals surface area contributed by atoms with Gasteiger partial charge in [0, 0.05) is 32.6 Å². The van der Waals surface area contributed by atoms with Crippen molar-refractivity contribution in [3.8, 4) is 0 Å². The molecule has 0 spiro atoms. The summed E-state index contributed by atoms with van der Waals surface area (Å²) in [6.45, 7) is 1.47. The molecule has 4 rings (SSSR count). The zero-order chi connectivity index (χ0) is 21.8. The number of hydrogen-bond donors (Lipinski definition) is 0. The van der Waals surface area contributed by atoms with E-state index in [-0.39, 0.29) is 17.3 Å².